The van der Waals surface area contributed by atoms with E-state index in [0.717, 1.165) is 45.2 Å². The Labute approximate surface area is 307 Å². The van der Waals surface area contributed by atoms with E-state index in [9.17, 15) is 9.59 Å². The van der Waals surface area contributed by atoms with Crippen LogP contribution in [0.25, 0.3) is 0 Å². The van der Waals surface area contributed by atoms with Crippen LogP contribution in [0.4, 0.5) is 4.79 Å². The van der Waals surface area contributed by atoms with Crippen molar-refractivity contribution in [1.29, 1.82) is 0 Å². The summed E-state index contributed by atoms with van der Waals surface area (Å²) in [7, 11) is 1.97. The molecule has 0 aliphatic carbocycles. The van der Waals surface area contributed by atoms with Gasteiger partial charge in [-0.2, -0.15) is 0 Å². The highest BCUT2D eigenvalue weighted by Gasteiger charge is 2.33. The van der Waals surface area contributed by atoms with Crippen LogP contribution in [-0.2, 0) is 4.79 Å². The van der Waals surface area contributed by atoms with E-state index in [-0.39, 0.29) is 18.1 Å². The molecule has 0 bridgehead atoms. The van der Waals surface area contributed by atoms with Gasteiger partial charge in [0.15, 0.2) is 0 Å². The van der Waals surface area contributed by atoms with Gasteiger partial charge in [0.25, 0.3) is 0 Å². The molecule has 290 valence electrons. The van der Waals surface area contributed by atoms with Crippen molar-refractivity contribution in [2.45, 2.75) is 251 Å². The lowest BCUT2D eigenvalue weighted by molar-refractivity contribution is -0.130. The third-order valence-electron chi connectivity index (χ3n) is 11.1. The van der Waals surface area contributed by atoms with Gasteiger partial charge in [0.1, 0.15) is 6.17 Å². The lowest BCUT2D eigenvalue weighted by atomic mass is 10.0. The third kappa shape index (κ3) is 28.1. The summed E-state index contributed by atoms with van der Waals surface area (Å²) in [5.74, 6) is 0.286. The van der Waals surface area contributed by atoms with Crippen LogP contribution in [0, 0.1) is 0 Å². The number of nitrogens with zero attached hydrogens (tertiary/aromatic N) is 2. The quantitative estimate of drug-likeness (QED) is 0.0653. The molecule has 49 heavy (non-hydrogen) atoms. The van der Waals surface area contributed by atoms with Gasteiger partial charge in [0, 0.05) is 26.6 Å². The number of nitrogens with one attached hydrogen (secondary N) is 1. The molecule has 1 saturated heterocycles. The molecule has 3 amide bonds. The smallest absolute Gasteiger partial charge is 0.320 e. The number of rotatable bonds is 39. The molecule has 1 aliphatic heterocycles. The first-order valence-electron chi connectivity index (χ1n) is 22.4. The number of urea groups is 1. The van der Waals surface area contributed by atoms with Crippen LogP contribution >= 0.6 is 0 Å². The highest BCUT2D eigenvalue weighted by Crippen LogP contribution is 2.19. The first kappa shape index (κ1) is 45.8. The Morgan fingerprint density at radius 2 is 0.857 bits per heavy atom. The van der Waals surface area contributed by atoms with Crippen LogP contribution in [0.2, 0.25) is 0 Å². The first-order valence-corrected chi connectivity index (χ1v) is 22.4. The van der Waals surface area contributed by atoms with Gasteiger partial charge in [-0.25, -0.2) is 4.79 Å². The highest BCUT2D eigenvalue weighted by atomic mass is 16.2. The van der Waals surface area contributed by atoms with Crippen molar-refractivity contribution in [3.63, 3.8) is 0 Å². The summed E-state index contributed by atoms with van der Waals surface area (Å²) in [6.45, 7) is 6.31. The Hall–Kier alpha value is -1.26. The Morgan fingerprint density at radius 3 is 1.24 bits per heavy atom. The van der Waals surface area contributed by atoms with Crippen molar-refractivity contribution >= 4 is 11.9 Å². The van der Waals surface area contributed by atoms with Crippen LogP contribution in [0.15, 0.2) is 0 Å². The average Bonchev–Trinajstić information content (AvgIpc) is 3.10. The van der Waals surface area contributed by atoms with Crippen molar-refractivity contribution in [3.8, 4) is 0 Å². The molecule has 5 heteroatoms. The average molecular weight is 690 g/mol. The van der Waals surface area contributed by atoms with Gasteiger partial charge in [0.2, 0.25) is 5.91 Å². The third-order valence-corrected chi connectivity index (χ3v) is 11.1. The van der Waals surface area contributed by atoms with Crippen molar-refractivity contribution in [1.82, 2.24) is 15.1 Å². The Morgan fingerprint density at radius 1 is 0.510 bits per heavy atom. The van der Waals surface area contributed by atoms with Gasteiger partial charge < -0.3 is 15.1 Å². The number of carbonyl (C=O) groups is 2. The number of unbranched alkanes of at least 4 members (excludes halogenated alkanes) is 31. The molecule has 1 N–H and O–H groups in total. The monoisotopic (exact) mass is 690 g/mol. The summed E-state index contributed by atoms with van der Waals surface area (Å²) in [6, 6.07) is 0.0978. The molecule has 1 unspecified atom stereocenters. The molecule has 0 spiro atoms. The van der Waals surface area contributed by atoms with Gasteiger partial charge in [0.05, 0.1) is 0 Å². The van der Waals surface area contributed by atoms with E-state index < -0.39 is 0 Å². The summed E-state index contributed by atoms with van der Waals surface area (Å²) in [5, 5.41) is 3.10. The fourth-order valence-corrected chi connectivity index (χ4v) is 7.52. The molecule has 0 aromatic heterocycles. The van der Waals surface area contributed by atoms with E-state index in [1.807, 2.05) is 16.8 Å². The summed E-state index contributed by atoms with van der Waals surface area (Å²) in [6.07, 6.45) is 47.8. The van der Waals surface area contributed by atoms with Crippen LogP contribution < -0.4 is 5.32 Å². The van der Waals surface area contributed by atoms with E-state index >= 15 is 0 Å². The van der Waals surface area contributed by atoms with E-state index in [0.29, 0.717) is 6.42 Å². The van der Waals surface area contributed by atoms with E-state index in [2.05, 4.69) is 19.2 Å². The minimum Gasteiger partial charge on any atom is -0.346 e. The molecule has 1 heterocycles. The minimum absolute atomic E-state index is 0.0978. The molecule has 0 saturated carbocycles. The number of amides is 3. The predicted molar refractivity (Wildman–Crippen MR) is 214 cm³/mol. The van der Waals surface area contributed by atoms with Crippen LogP contribution in [0.5, 0.6) is 0 Å². The Kier molecular flexibility index (Phi) is 32.8. The van der Waals surface area contributed by atoms with Crippen LogP contribution in [-0.4, -0.2) is 48.0 Å². The molecule has 0 aromatic rings. The highest BCUT2D eigenvalue weighted by molar-refractivity contribution is 5.80. The zero-order valence-corrected chi connectivity index (χ0v) is 33.7. The maximum atomic E-state index is 12.6. The van der Waals surface area contributed by atoms with Crippen molar-refractivity contribution in [3.05, 3.63) is 0 Å². The summed E-state index contributed by atoms with van der Waals surface area (Å²) >= 11 is 0. The van der Waals surface area contributed by atoms with E-state index in [4.69, 9.17) is 0 Å². The molecular weight excluding hydrogens is 603 g/mol. The maximum absolute atomic E-state index is 12.6. The van der Waals surface area contributed by atoms with Crippen molar-refractivity contribution in [2.75, 3.05) is 20.1 Å². The molecule has 1 fully saturated rings. The molecule has 1 atom stereocenters. The maximum Gasteiger partial charge on any atom is 0.320 e. The lowest BCUT2D eigenvalue weighted by Crippen LogP contribution is -2.65. The standard InChI is InChI=1S/C44H87N3O2/c1-4-6-8-10-12-14-16-18-20-22-24-26-28-30-32-36-40-46(3)43(48)39-35-33-37-41-47-42(45-44(47)49)38-34-31-29-27-25-23-21-19-17-15-13-11-9-7-5-2/h42H,4-41H2,1-3H3,(H,45,49). The summed E-state index contributed by atoms with van der Waals surface area (Å²) in [4.78, 5) is 28.6. The topological polar surface area (TPSA) is 52.7 Å². The van der Waals surface area contributed by atoms with Crippen molar-refractivity contribution in [2.24, 2.45) is 0 Å². The number of carbonyl (C=O) groups excluding carboxylic acids is 2. The second-order valence-electron chi connectivity index (χ2n) is 15.8. The zero-order valence-electron chi connectivity index (χ0n) is 33.7. The molecule has 0 radical (unpaired) electrons. The minimum atomic E-state index is 0.0978. The fraction of sp³-hybridized carbons (Fsp3) is 0.955. The SMILES string of the molecule is CCCCCCCCCCCCCCCCCCN(C)C(=O)CCCCCN1C(=O)NC1CCCCCCCCCCCCCCCCC. The van der Waals surface area contributed by atoms with Gasteiger partial charge >= 0.3 is 6.03 Å². The van der Waals surface area contributed by atoms with Gasteiger partial charge in [-0.05, 0) is 32.1 Å². The van der Waals surface area contributed by atoms with Crippen molar-refractivity contribution < 1.29 is 9.59 Å². The second-order valence-corrected chi connectivity index (χ2v) is 15.8. The zero-order chi connectivity index (χ0) is 35.5. The number of hydrogen-bond acceptors (Lipinski definition) is 2. The lowest BCUT2D eigenvalue weighted by Gasteiger charge is -2.42. The molecule has 1 aliphatic rings. The van der Waals surface area contributed by atoms with E-state index in [1.165, 1.54) is 193 Å². The molecule has 1 rings (SSSR count). The van der Waals surface area contributed by atoms with Crippen LogP contribution in [0.3, 0.4) is 0 Å². The normalized spacial score (nSPS) is 14.3. The fourth-order valence-electron chi connectivity index (χ4n) is 7.52. The molecule has 5 nitrogen and oxygen atoms in total. The van der Waals surface area contributed by atoms with Gasteiger partial charge in [-0.15, -0.1) is 0 Å². The molecule has 0 aromatic carbocycles. The first-order chi connectivity index (χ1) is 24.1. The predicted octanol–water partition coefficient (Wildman–Crippen LogP) is 13.9. The van der Waals surface area contributed by atoms with Gasteiger partial charge in [-0.1, -0.05) is 206 Å². The Bertz CT molecular complexity index is 729. The second kappa shape index (κ2) is 35.2. The summed E-state index contributed by atoms with van der Waals surface area (Å²) in [5.41, 5.74) is 0. The van der Waals surface area contributed by atoms with Gasteiger partial charge in [-0.3, -0.25) is 4.79 Å². The molecular formula is C44H87N3O2. The summed E-state index contributed by atoms with van der Waals surface area (Å²) < 4.78 is 0. The Balaban J connectivity index is 1.86. The number of hydrogen-bond donors (Lipinski definition) is 1. The van der Waals surface area contributed by atoms with E-state index in [1.54, 1.807) is 0 Å². The largest absolute Gasteiger partial charge is 0.346 e. The van der Waals surface area contributed by atoms with Crippen LogP contribution in [0.1, 0.15) is 245 Å².